The molecule has 16 heavy (non-hydrogen) atoms. The predicted molar refractivity (Wildman–Crippen MR) is 67.8 cm³/mol. The molecule has 3 nitrogen and oxygen atoms in total. The summed E-state index contributed by atoms with van der Waals surface area (Å²) < 4.78 is 5.53. The number of ether oxygens (including phenoxy) is 1. The first kappa shape index (κ1) is 10.2. The first-order chi connectivity index (χ1) is 7.81. The number of hydrogen-bond acceptors (Lipinski definition) is 4. The molecule has 2 N–H and O–H groups in total. The molecule has 2 atom stereocenters. The van der Waals surface area contributed by atoms with E-state index in [9.17, 15) is 0 Å². The fourth-order valence-electron chi connectivity index (χ4n) is 2.43. The number of benzene rings is 1. The summed E-state index contributed by atoms with van der Waals surface area (Å²) in [6, 6.07) is 8.09. The average Bonchev–Trinajstić information content (AvgIpc) is 2.73. The van der Waals surface area contributed by atoms with E-state index in [1.807, 2.05) is 23.7 Å². The van der Waals surface area contributed by atoms with Gasteiger partial charge in [0, 0.05) is 18.7 Å². The maximum absolute atomic E-state index is 5.85. The zero-order valence-electron chi connectivity index (χ0n) is 8.93. The molecule has 3 rings (SSSR count). The molecule has 1 saturated heterocycles. The van der Waals surface area contributed by atoms with Gasteiger partial charge in [-0.05, 0) is 17.7 Å². The van der Waals surface area contributed by atoms with Gasteiger partial charge in [-0.25, -0.2) is 0 Å². The van der Waals surface area contributed by atoms with Crippen LogP contribution in [0.5, 0.6) is 0 Å². The van der Waals surface area contributed by atoms with Crippen LogP contribution >= 0.6 is 11.8 Å². The number of nitrogens with zero attached hydrogens (tertiary/aromatic N) is 1. The highest BCUT2D eigenvalue weighted by molar-refractivity contribution is 8.13. The number of aliphatic imine (C=N–C) groups is 1. The van der Waals surface area contributed by atoms with E-state index in [2.05, 4.69) is 6.07 Å². The van der Waals surface area contributed by atoms with E-state index in [4.69, 9.17) is 15.5 Å². The van der Waals surface area contributed by atoms with Crippen LogP contribution in [0.1, 0.15) is 12.0 Å². The minimum absolute atomic E-state index is 0.0989. The van der Waals surface area contributed by atoms with E-state index >= 15 is 0 Å². The van der Waals surface area contributed by atoms with Crippen LogP contribution < -0.4 is 5.73 Å². The summed E-state index contributed by atoms with van der Waals surface area (Å²) in [5.74, 6) is 0. The van der Waals surface area contributed by atoms with Gasteiger partial charge < -0.3 is 10.5 Å². The normalized spacial score (nSPS) is 32.6. The summed E-state index contributed by atoms with van der Waals surface area (Å²) in [4.78, 5) is 4.70. The summed E-state index contributed by atoms with van der Waals surface area (Å²) in [6.45, 7) is 1.56. The molecule has 0 bridgehead atoms. The standard InChI is InChI=1S/C12H14N2OS/c13-10-3-1-2-9(6-10)12-4-5-15-7-11(12)16-8-14-12/h1-3,6,8,11H,4-5,7,13H2/t11-,12-/m1/s1. The molecule has 0 spiro atoms. The monoisotopic (exact) mass is 234 g/mol. The first-order valence-corrected chi connectivity index (χ1v) is 6.38. The zero-order valence-corrected chi connectivity index (χ0v) is 9.74. The molecule has 1 aromatic rings. The summed E-state index contributed by atoms with van der Waals surface area (Å²) in [6.07, 6.45) is 0.949. The molecule has 84 valence electrons. The number of nitrogen functional groups attached to an aromatic ring is 1. The van der Waals surface area contributed by atoms with Crippen molar-refractivity contribution in [3.63, 3.8) is 0 Å². The topological polar surface area (TPSA) is 47.6 Å². The smallest absolute Gasteiger partial charge is 0.103 e. The highest BCUT2D eigenvalue weighted by Crippen LogP contribution is 2.45. The maximum Gasteiger partial charge on any atom is 0.103 e. The van der Waals surface area contributed by atoms with Gasteiger partial charge in [-0.2, -0.15) is 0 Å². The van der Waals surface area contributed by atoms with Gasteiger partial charge in [0.2, 0.25) is 0 Å². The molecule has 2 heterocycles. The van der Waals surface area contributed by atoms with Crippen molar-refractivity contribution in [2.45, 2.75) is 17.2 Å². The van der Waals surface area contributed by atoms with E-state index in [0.717, 1.165) is 25.3 Å². The lowest BCUT2D eigenvalue weighted by atomic mass is 9.83. The largest absolute Gasteiger partial charge is 0.399 e. The number of rotatable bonds is 1. The van der Waals surface area contributed by atoms with Gasteiger partial charge in [0.1, 0.15) is 5.54 Å². The number of nitrogens with two attached hydrogens (primary N) is 1. The highest BCUT2D eigenvalue weighted by atomic mass is 32.2. The maximum atomic E-state index is 5.85. The van der Waals surface area contributed by atoms with Gasteiger partial charge in [0.15, 0.2) is 0 Å². The lowest BCUT2D eigenvalue weighted by molar-refractivity contribution is 0.0612. The fraction of sp³-hybridized carbons (Fsp3) is 0.417. The molecule has 4 heteroatoms. The molecule has 0 amide bonds. The molecule has 0 saturated carbocycles. The highest BCUT2D eigenvalue weighted by Gasteiger charge is 2.45. The summed E-state index contributed by atoms with van der Waals surface area (Å²) in [5.41, 5.74) is 9.75. The molecule has 0 aromatic heterocycles. The Bertz CT molecular complexity index is 435. The Labute approximate surface area is 99.1 Å². The van der Waals surface area contributed by atoms with Crippen molar-refractivity contribution >= 4 is 23.0 Å². The number of hydrogen-bond donors (Lipinski definition) is 1. The summed E-state index contributed by atoms with van der Waals surface area (Å²) in [5, 5.41) is 0.406. The Morgan fingerprint density at radius 2 is 2.44 bits per heavy atom. The van der Waals surface area contributed by atoms with Gasteiger partial charge in [-0.1, -0.05) is 12.1 Å². The average molecular weight is 234 g/mol. The van der Waals surface area contributed by atoms with Crippen LogP contribution in [0, 0.1) is 0 Å². The van der Waals surface area contributed by atoms with Gasteiger partial charge >= 0.3 is 0 Å². The van der Waals surface area contributed by atoms with Crippen LogP contribution in [0.2, 0.25) is 0 Å². The van der Waals surface area contributed by atoms with Gasteiger partial charge in [0.25, 0.3) is 0 Å². The molecule has 2 aliphatic heterocycles. The third kappa shape index (κ3) is 1.44. The van der Waals surface area contributed by atoms with Crippen LogP contribution in [0.15, 0.2) is 29.3 Å². The van der Waals surface area contributed by atoms with Crippen LogP contribution in [0.25, 0.3) is 0 Å². The predicted octanol–water partition coefficient (Wildman–Crippen LogP) is 2.03. The zero-order chi connectivity index (χ0) is 11.0. The third-order valence-electron chi connectivity index (χ3n) is 3.32. The molecular weight excluding hydrogens is 220 g/mol. The summed E-state index contributed by atoms with van der Waals surface area (Å²) >= 11 is 1.77. The van der Waals surface area contributed by atoms with E-state index in [0.29, 0.717) is 5.25 Å². The lowest BCUT2D eigenvalue weighted by Gasteiger charge is -2.36. The van der Waals surface area contributed by atoms with E-state index < -0.39 is 0 Å². The van der Waals surface area contributed by atoms with Crippen molar-refractivity contribution in [2.24, 2.45) is 4.99 Å². The molecule has 0 radical (unpaired) electrons. The summed E-state index contributed by atoms with van der Waals surface area (Å²) in [7, 11) is 0. The Hall–Kier alpha value is -1.00. The molecule has 0 aliphatic carbocycles. The van der Waals surface area contributed by atoms with E-state index in [-0.39, 0.29) is 5.54 Å². The third-order valence-corrected chi connectivity index (χ3v) is 4.41. The number of thioether (sulfide) groups is 1. The van der Waals surface area contributed by atoms with Gasteiger partial charge in [-0.3, -0.25) is 4.99 Å². The van der Waals surface area contributed by atoms with Crippen molar-refractivity contribution in [2.75, 3.05) is 18.9 Å². The minimum atomic E-state index is -0.0989. The Morgan fingerprint density at radius 3 is 3.31 bits per heavy atom. The quantitative estimate of drug-likeness (QED) is 0.756. The molecular formula is C12H14N2OS. The van der Waals surface area contributed by atoms with Gasteiger partial charge in [0.05, 0.1) is 17.4 Å². The fourth-order valence-corrected chi connectivity index (χ4v) is 3.54. The van der Waals surface area contributed by atoms with Crippen molar-refractivity contribution < 1.29 is 4.74 Å². The van der Waals surface area contributed by atoms with Gasteiger partial charge in [-0.15, -0.1) is 11.8 Å². The van der Waals surface area contributed by atoms with Crippen LogP contribution in [0.3, 0.4) is 0 Å². The van der Waals surface area contributed by atoms with E-state index in [1.54, 1.807) is 11.8 Å². The molecule has 1 aromatic carbocycles. The SMILES string of the molecule is Nc1cccc([C@]23CCOC[C@H]2SC=N3)c1. The number of anilines is 1. The Morgan fingerprint density at radius 1 is 1.50 bits per heavy atom. The first-order valence-electron chi connectivity index (χ1n) is 5.44. The second-order valence-electron chi connectivity index (χ2n) is 4.23. The second-order valence-corrected chi connectivity index (χ2v) is 5.29. The van der Waals surface area contributed by atoms with E-state index in [1.165, 1.54) is 5.56 Å². The number of fused-ring (bicyclic) bond motifs is 1. The lowest BCUT2D eigenvalue weighted by Crippen LogP contribution is -2.41. The Kier molecular flexibility index (Phi) is 2.41. The molecule has 1 fully saturated rings. The molecule has 2 aliphatic rings. The Balaban J connectivity index is 2.05. The van der Waals surface area contributed by atoms with Crippen molar-refractivity contribution in [3.8, 4) is 0 Å². The van der Waals surface area contributed by atoms with Crippen LogP contribution in [-0.4, -0.2) is 24.0 Å². The minimum Gasteiger partial charge on any atom is -0.399 e. The van der Waals surface area contributed by atoms with Crippen molar-refractivity contribution in [1.29, 1.82) is 0 Å². The molecule has 0 unspecified atom stereocenters. The van der Waals surface area contributed by atoms with Crippen molar-refractivity contribution in [3.05, 3.63) is 29.8 Å². The van der Waals surface area contributed by atoms with Crippen LogP contribution in [0.4, 0.5) is 5.69 Å². The second kappa shape index (κ2) is 3.79. The van der Waals surface area contributed by atoms with Crippen LogP contribution in [-0.2, 0) is 10.3 Å². The van der Waals surface area contributed by atoms with Crippen molar-refractivity contribution in [1.82, 2.24) is 0 Å².